The molecular formula is C24H27N5O2. The molecule has 31 heavy (non-hydrogen) atoms. The molecule has 1 aliphatic carbocycles. The molecule has 2 aromatic heterocycles. The van der Waals surface area contributed by atoms with Crippen molar-refractivity contribution >= 4 is 28.4 Å². The van der Waals surface area contributed by atoms with Gasteiger partial charge in [0.2, 0.25) is 0 Å². The molecule has 0 atom stereocenters. The second-order valence-electron chi connectivity index (χ2n) is 8.66. The predicted molar refractivity (Wildman–Crippen MR) is 120 cm³/mol. The van der Waals surface area contributed by atoms with Gasteiger partial charge < -0.3 is 9.80 Å². The van der Waals surface area contributed by atoms with E-state index < -0.39 is 0 Å². The van der Waals surface area contributed by atoms with Crippen molar-refractivity contribution < 1.29 is 9.59 Å². The summed E-state index contributed by atoms with van der Waals surface area (Å²) in [6.07, 6.45) is 2.29. The number of carbonyl (C=O) groups excluding carboxylic acids is 2. The van der Waals surface area contributed by atoms with Crippen LogP contribution in [0.3, 0.4) is 0 Å². The number of hydrogen-bond acceptors (Lipinski definition) is 5. The summed E-state index contributed by atoms with van der Waals surface area (Å²) in [5.74, 6) is 0.611. The molecule has 0 N–H and O–H groups in total. The number of nitrogens with zero attached hydrogens (tertiary/aromatic N) is 5. The number of aromatic nitrogens is 3. The van der Waals surface area contributed by atoms with Crippen molar-refractivity contribution in [3.8, 4) is 0 Å². The molecule has 5 rings (SSSR count). The lowest BCUT2D eigenvalue weighted by Gasteiger charge is -2.36. The van der Waals surface area contributed by atoms with Crippen LogP contribution in [-0.2, 0) is 7.05 Å². The number of fused-ring (bicyclic) bond motifs is 1. The lowest BCUT2D eigenvalue weighted by molar-refractivity contribution is 0.0748. The Labute approximate surface area is 181 Å². The summed E-state index contributed by atoms with van der Waals surface area (Å²) in [6.45, 7) is 6.38. The molecule has 0 bridgehead atoms. The Bertz CT molecular complexity index is 1170. The number of hydrogen-bond donors (Lipinski definition) is 0. The van der Waals surface area contributed by atoms with Gasteiger partial charge in [-0.05, 0) is 57.0 Å². The average Bonchev–Trinajstić information content (AvgIpc) is 3.59. The highest BCUT2D eigenvalue weighted by molar-refractivity contribution is 6.06. The standard InChI is InChI=1S/C24H27N5O2/c1-15-22-20(14-21(18-4-5-18)25-23(22)27(3)26-15)24(31)29-12-10-28(11-13-29)19-8-6-17(7-9-19)16(2)30/h6-9,14,18H,4-5,10-13H2,1-3H3. The first kappa shape index (κ1) is 19.7. The number of piperazine rings is 1. The SMILES string of the molecule is CC(=O)c1ccc(N2CCN(C(=O)c3cc(C4CC4)nc4c3c(C)nn4C)CC2)cc1. The van der Waals surface area contributed by atoms with Crippen LogP contribution in [0, 0.1) is 6.92 Å². The first-order valence-electron chi connectivity index (χ1n) is 10.9. The van der Waals surface area contributed by atoms with Crippen molar-refractivity contribution in [1.82, 2.24) is 19.7 Å². The van der Waals surface area contributed by atoms with E-state index in [0.29, 0.717) is 19.0 Å². The minimum atomic E-state index is 0.0666. The first-order valence-corrected chi connectivity index (χ1v) is 10.9. The smallest absolute Gasteiger partial charge is 0.254 e. The molecule has 1 saturated carbocycles. The fourth-order valence-electron chi connectivity index (χ4n) is 4.47. The molecule has 0 spiro atoms. The molecule has 7 heteroatoms. The number of anilines is 1. The lowest BCUT2D eigenvalue weighted by Crippen LogP contribution is -2.48. The van der Waals surface area contributed by atoms with E-state index in [2.05, 4.69) is 10.00 Å². The van der Waals surface area contributed by atoms with Gasteiger partial charge in [-0.1, -0.05) is 0 Å². The molecule has 1 aromatic carbocycles. The van der Waals surface area contributed by atoms with Crippen molar-refractivity contribution in [2.24, 2.45) is 7.05 Å². The van der Waals surface area contributed by atoms with Crippen LogP contribution in [0.4, 0.5) is 5.69 Å². The van der Waals surface area contributed by atoms with Gasteiger partial charge in [-0.15, -0.1) is 0 Å². The van der Waals surface area contributed by atoms with Crippen LogP contribution >= 0.6 is 0 Å². The third-order valence-corrected chi connectivity index (χ3v) is 6.42. The van der Waals surface area contributed by atoms with E-state index >= 15 is 0 Å². The Hall–Kier alpha value is -3.22. The van der Waals surface area contributed by atoms with E-state index in [-0.39, 0.29) is 11.7 Å². The van der Waals surface area contributed by atoms with Crippen molar-refractivity contribution in [2.75, 3.05) is 31.1 Å². The average molecular weight is 418 g/mol. The highest BCUT2D eigenvalue weighted by Crippen LogP contribution is 2.40. The Morgan fingerprint density at radius 2 is 1.71 bits per heavy atom. The molecule has 0 unspecified atom stereocenters. The quantitative estimate of drug-likeness (QED) is 0.609. The van der Waals surface area contributed by atoms with Crippen LogP contribution in [0.25, 0.3) is 11.0 Å². The summed E-state index contributed by atoms with van der Waals surface area (Å²) in [6, 6.07) is 9.72. The van der Waals surface area contributed by atoms with Crippen LogP contribution in [0.1, 0.15) is 57.8 Å². The number of pyridine rings is 1. The number of rotatable bonds is 4. The third kappa shape index (κ3) is 3.58. The Morgan fingerprint density at radius 1 is 1.03 bits per heavy atom. The zero-order chi connectivity index (χ0) is 21.7. The van der Waals surface area contributed by atoms with E-state index in [1.165, 1.54) is 0 Å². The molecule has 2 aliphatic rings. The molecular weight excluding hydrogens is 390 g/mol. The zero-order valence-electron chi connectivity index (χ0n) is 18.3. The molecule has 0 radical (unpaired) electrons. The monoisotopic (exact) mass is 417 g/mol. The van der Waals surface area contributed by atoms with E-state index in [0.717, 1.165) is 65.2 Å². The normalized spacial score (nSPS) is 16.7. The highest BCUT2D eigenvalue weighted by atomic mass is 16.2. The zero-order valence-corrected chi connectivity index (χ0v) is 18.3. The number of ketones is 1. The van der Waals surface area contributed by atoms with Crippen LogP contribution in [-0.4, -0.2) is 57.5 Å². The van der Waals surface area contributed by atoms with Crippen molar-refractivity contribution in [2.45, 2.75) is 32.6 Å². The summed E-state index contributed by atoms with van der Waals surface area (Å²) < 4.78 is 1.79. The van der Waals surface area contributed by atoms with Gasteiger partial charge in [-0.2, -0.15) is 5.10 Å². The van der Waals surface area contributed by atoms with Crippen molar-refractivity contribution in [3.63, 3.8) is 0 Å². The summed E-state index contributed by atoms with van der Waals surface area (Å²) in [5, 5.41) is 5.40. The minimum Gasteiger partial charge on any atom is -0.368 e. The van der Waals surface area contributed by atoms with Crippen molar-refractivity contribution in [3.05, 3.63) is 52.8 Å². The van der Waals surface area contributed by atoms with Gasteiger partial charge in [0.15, 0.2) is 11.4 Å². The largest absolute Gasteiger partial charge is 0.368 e. The molecule has 7 nitrogen and oxygen atoms in total. The lowest BCUT2D eigenvalue weighted by atomic mass is 10.1. The maximum atomic E-state index is 13.5. The second-order valence-corrected chi connectivity index (χ2v) is 8.66. The Kier molecular flexibility index (Phi) is 4.76. The van der Waals surface area contributed by atoms with Gasteiger partial charge in [0.05, 0.1) is 16.6 Å². The van der Waals surface area contributed by atoms with Gasteiger partial charge in [0, 0.05) is 56.1 Å². The highest BCUT2D eigenvalue weighted by Gasteiger charge is 2.30. The van der Waals surface area contributed by atoms with E-state index in [4.69, 9.17) is 4.98 Å². The maximum absolute atomic E-state index is 13.5. The fraction of sp³-hybridized carbons (Fsp3) is 0.417. The molecule has 3 heterocycles. The molecule has 3 aromatic rings. The van der Waals surface area contributed by atoms with Crippen LogP contribution in [0.2, 0.25) is 0 Å². The molecule has 1 aliphatic heterocycles. The second kappa shape index (κ2) is 7.48. The molecule has 1 saturated heterocycles. The van der Waals surface area contributed by atoms with Gasteiger partial charge in [-0.25, -0.2) is 4.98 Å². The summed E-state index contributed by atoms with van der Waals surface area (Å²) >= 11 is 0. The van der Waals surface area contributed by atoms with Gasteiger partial charge >= 0.3 is 0 Å². The number of benzene rings is 1. The third-order valence-electron chi connectivity index (χ3n) is 6.42. The van der Waals surface area contributed by atoms with Gasteiger partial charge in [0.1, 0.15) is 0 Å². The van der Waals surface area contributed by atoms with Gasteiger partial charge in [-0.3, -0.25) is 14.3 Å². The van der Waals surface area contributed by atoms with E-state index in [1.807, 2.05) is 49.2 Å². The number of Topliss-reactive ketones (excluding diaryl/α,β-unsaturated/α-hetero) is 1. The topological polar surface area (TPSA) is 71.3 Å². The summed E-state index contributed by atoms with van der Waals surface area (Å²) in [7, 11) is 1.89. The van der Waals surface area contributed by atoms with Crippen LogP contribution < -0.4 is 4.90 Å². The number of carbonyl (C=O) groups is 2. The molecule has 2 fully saturated rings. The summed E-state index contributed by atoms with van der Waals surface area (Å²) in [4.78, 5) is 34.1. The molecule has 1 amide bonds. The first-order chi connectivity index (χ1) is 14.9. The fourth-order valence-corrected chi connectivity index (χ4v) is 4.47. The van der Waals surface area contributed by atoms with Crippen molar-refractivity contribution in [1.29, 1.82) is 0 Å². The Morgan fingerprint density at radius 3 is 2.32 bits per heavy atom. The van der Waals surface area contributed by atoms with Crippen LogP contribution in [0.15, 0.2) is 30.3 Å². The molecule has 160 valence electrons. The van der Waals surface area contributed by atoms with Gasteiger partial charge in [0.25, 0.3) is 5.91 Å². The summed E-state index contributed by atoms with van der Waals surface area (Å²) in [5.41, 5.74) is 5.20. The maximum Gasteiger partial charge on any atom is 0.254 e. The minimum absolute atomic E-state index is 0.0666. The van der Waals surface area contributed by atoms with E-state index in [9.17, 15) is 9.59 Å². The van der Waals surface area contributed by atoms with Crippen LogP contribution in [0.5, 0.6) is 0 Å². The Balaban J connectivity index is 1.37. The number of aryl methyl sites for hydroxylation is 2. The predicted octanol–water partition coefficient (Wildman–Crippen LogP) is 3.32. The van der Waals surface area contributed by atoms with E-state index in [1.54, 1.807) is 11.6 Å². The number of amides is 1.